The number of halogens is 1. The lowest BCUT2D eigenvalue weighted by Crippen LogP contribution is -2.12. The maximum atomic E-state index is 4.31. The number of nitrogens with zero attached hydrogens (tertiary/aromatic N) is 2. The number of rotatable bonds is 3. The first-order valence-electron chi connectivity index (χ1n) is 6.28. The zero-order chi connectivity index (χ0) is 12.4. The maximum Gasteiger partial charge on any atom is 0.0951 e. The molecule has 1 unspecified atom stereocenters. The molecule has 0 radical (unpaired) electrons. The van der Waals surface area contributed by atoms with Crippen molar-refractivity contribution < 1.29 is 0 Å². The van der Waals surface area contributed by atoms with Gasteiger partial charge >= 0.3 is 0 Å². The van der Waals surface area contributed by atoms with Crippen molar-refractivity contribution in [3.05, 3.63) is 52.5 Å². The first-order chi connectivity index (χ1) is 8.83. The van der Waals surface area contributed by atoms with Crippen LogP contribution in [-0.4, -0.2) is 22.6 Å². The van der Waals surface area contributed by atoms with Crippen LogP contribution in [0, 0.1) is 0 Å². The van der Waals surface area contributed by atoms with Crippen molar-refractivity contribution in [3.63, 3.8) is 0 Å². The number of aromatic nitrogens is 2. The van der Waals surface area contributed by atoms with Gasteiger partial charge in [0.2, 0.25) is 0 Å². The van der Waals surface area contributed by atoms with Gasteiger partial charge in [-0.15, -0.1) is 0 Å². The molecule has 4 heteroatoms. The Hall–Kier alpha value is -1.13. The fraction of sp³-hybridized carbons (Fsp3) is 0.357. The van der Waals surface area contributed by atoms with Crippen LogP contribution < -0.4 is 5.32 Å². The fourth-order valence-electron chi connectivity index (χ4n) is 2.54. The van der Waals surface area contributed by atoms with E-state index in [1.165, 1.54) is 17.7 Å². The van der Waals surface area contributed by atoms with Crippen LogP contribution in [0.2, 0.25) is 0 Å². The molecule has 1 aromatic heterocycles. The van der Waals surface area contributed by atoms with Crippen LogP contribution >= 0.6 is 15.9 Å². The van der Waals surface area contributed by atoms with Crippen LogP contribution in [0.25, 0.3) is 0 Å². The Balaban J connectivity index is 1.82. The van der Waals surface area contributed by atoms with Gasteiger partial charge in [-0.05, 0) is 30.7 Å². The van der Waals surface area contributed by atoms with Gasteiger partial charge in [-0.2, -0.15) is 0 Å². The second-order valence-electron chi connectivity index (χ2n) is 4.77. The molecule has 0 bridgehead atoms. The molecule has 1 atom stereocenters. The zero-order valence-corrected chi connectivity index (χ0v) is 11.7. The van der Waals surface area contributed by atoms with E-state index in [2.05, 4.69) is 55.1 Å². The molecule has 1 aliphatic rings. The van der Waals surface area contributed by atoms with Gasteiger partial charge in [0, 0.05) is 35.4 Å². The Morgan fingerprint density at radius 3 is 3.17 bits per heavy atom. The fourth-order valence-corrected chi connectivity index (χ4v) is 2.99. The number of imidazole rings is 1. The van der Waals surface area contributed by atoms with Crippen LogP contribution in [0.1, 0.15) is 23.6 Å². The minimum atomic E-state index is 0.611. The Morgan fingerprint density at radius 1 is 1.44 bits per heavy atom. The van der Waals surface area contributed by atoms with E-state index in [1.54, 1.807) is 0 Å². The highest BCUT2D eigenvalue weighted by molar-refractivity contribution is 9.10. The molecule has 2 heterocycles. The second kappa shape index (κ2) is 5.24. The molecule has 1 saturated heterocycles. The number of benzene rings is 1. The zero-order valence-electron chi connectivity index (χ0n) is 10.1. The van der Waals surface area contributed by atoms with E-state index in [0.717, 1.165) is 24.1 Å². The highest BCUT2D eigenvalue weighted by atomic mass is 79.9. The highest BCUT2D eigenvalue weighted by Gasteiger charge is 2.19. The van der Waals surface area contributed by atoms with Gasteiger partial charge in [-0.25, -0.2) is 4.98 Å². The molecule has 2 aromatic rings. The molecule has 18 heavy (non-hydrogen) atoms. The van der Waals surface area contributed by atoms with E-state index in [4.69, 9.17) is 0 Å². The van der Waals surface area contributed by atoms with Crippen molar-refractivity contribution in [1.82, 2.24) is 14.9 Å². The summed E-state index contributed by atoms with van der Waals surface area (Å²) in [5.74, 6) is 0.611. The third-order valence-corrected chi connectivity index (χ3v) is 3.96. The molecule has 0 amide bonds. The first kappa shape index (κ1) is 11.9. The lowest BCUT2D eigenvalue weighted by molar-refractivity contribution is 0.654. The van der Waals surface area contributed by atoms with Gasteiger partial charge in [0.15, 0.2) is 0 Å². The summed E-state index contributed by atoms with van der Waals surface area (Å²) in [4.78, 5) is 4.31. The molecule has 1 fully saturated rings. The summed E-state index contributed by atoms with van der Waals surface area (Å²) >= 11 is 3.52. The molecule has 94 valence electrons. The summed E-state index contributed by atoms with van der Waals surface area (Å²) in [5.41, 5.74) is 2.65. The number of hydrogen-bond donors (Lipinski definition) is 1. The average molecular weight is 306 g/mol. The SMILES string of the molecule is Brc1cccc(Cn2cncc2C2CCNC2)c1. The van der Waals surface area contributed by atoms with Crippen LogP contribution in [0.4, 0.5) is 0 Å². The van der Waals surface area contributed by atoms with Gasteiger partial charge in [0.1, 0.15) is 0 Å². The van der Waals surface area contributed by atoms with Crippen molar-refractivity contribution in [1.29, 1.82) is 0 Å². The van der Waals surface area contributed by atoms with E-state index >= 15 is 0 Å². The van der Waals surface area contributed by atoms with Gasteiger partial charge in [0.25, 0.3) is 0 Å². The average Bonchev–Trinajstić information content (AvgIpc) is 2.98. The quantitative estimate of drug-likeness (QED) is 0.945. The van der Waals surface area contributed by atoms with E-state index in [-0.39, 0.29) is 0 Å². The van der Waals surface area contributed by atoms with E-state index < -0.39 is 0 Å². The largest absolute Gasteiger partial charge is 0.330 e. The minimum Gasteiger partial charge on any atom is -0.330 e. The Kier molecular flexibility index (Phi) is 3.48. The molecule has 0 spiro atoms. The van der Waals surface area contributed by atoms with E-state index in [1.807, 2.05) is 12.5 Å². The van der Waals surface area contributed by atoms with Crippen LogP contribution in [-0.2, 0) is 6.54 Å². The Labute approximate surface area is 115 Å². The first-order valence-corrected chi connectivity index (χ1v) is 7.07. The summed E-state index contributed by atoms with van der Waals surface area (Å²) in [6.45, 7) is 3.09. The van der Waals surface area contributed by atoms with Crippen molar-refractivity contribution in [2.75, 3.05) is 13.1 Å². The summed E-state index contributed by atoms with van der Waals surface area (Å²) < 4.78 is 3.39. The molecule has 0 saturated carbocycles. The van der Waals surface area contributed by atoms with Gasteiger partial charge < -0.3 is 9.88 Å². The van der Waals surface area contributed by atoms with E-state index in [9.17, 15) is 0 Å². The van der Waals surface area contributed by atoms with Crippen molar-refractivity contribution in [2.45, 2.75) is 18.9 Å². The molecule has 0 aliphatic carbocycles. The van der Waals surface area contributed by atoms with Crippen molar-refractivity contribution in [2.24, 2.45) is 0 Å². The predicted octanol–water partition coefficient (Wildman–Crippen LogP) is 2.77. The number of nitrogens with one attached hydrogen (secondary N) is 1. The second-order valence-corrected chi connectivity index (χ2v) is 5.68. The Morgan fingerprint density at radius 2 is 2.39 bits per heavy atom. The van der Waals surface area contributed by atoms with Gasteiger partial charge in [0.05, 0.1) is 6.33 Å². The van der Waals surface area contributed by atoms with Crippen LogP contribution in [0.15, 0.2) is 41.3 Å². The maximum absolute atomic E-state index is 4.31. The van der Waals surface area contributed by atoms with Gasteiger partial charge in [-0.1, -0.05) is 28.1 Å². The summed E-state index contributed by atoms with van der Waals surface area (Å²) in [6.07, 6.45) is 5.16. The molecule has 1 N–H and O–H groups in total. The molecule has 1 aromatic carbocycles. The summed E-state index contributed by atoms with van der Waals surface area (Å²) in [7, 11) is 0. The summed E-state index contributed by atoms with van der Waals surface area (Å²) in [5, 5.41) is 3.41. The molecule has 3 rings (SSSR count). The third-order valence-electron chi connectivity index (χ3n) is 3.47. The highest BCUT2D eigenvalue weighted by Crippen LogP contribution is 2.23. The van der Waals surface area contributed by atoms with Crippen molar-refractivity contribution in [3.8, 4) is 0 Å². The standard InChI is InChI=1S/C14H16BrN3/c15-13-3-1-2-11(6-13)9-18-10-17-8-14(18)12-4-5-16-7-12/h1-3,6,8,10,12,16H,4-5,7,9H2. The van der Waals surface area contributed by atoms with Crippen LogP contribution in [0.3, 0.4) is 0 Å². The molecular weight excluding hydrogens is 290 g/mol. The predicted molar refractivity (Wildman–Crippen MR) is 75.7 cm³/mol. The normalized spacial score (nSPS) is 19.3. The number of hydrogen-bond acceptors (Lipinski definition) is 2. The Bertz CT molecular complexity index is 529. The third kappa shape index (κ3) is 2.49. The summed E-state index contributed by atoms with van der Waals surface area (Å²) in [6, 6.07) is 8.45. The lowest BCUT2D eigenvalue weighted by atomic mass is 10.1. The molecule has 1 aliphatic heterocycles. The van der Waals surface area contributed by atoms with E-state index in [0.29, 0.717) is 5.92 Å². The lowest BCUT2D eigenvalue weighted by Gasteiger charge is -2.13. The van der Waals surface area contributed by atoms with Crippen molar-refractivity contribution >= 4 is 15.9 Å². The topological polar surface area (TPSA) is 29.9 Å². The smallest absolute Gasteiger partial charge is 0.0951 e. The van der Waals surface area contributed by atoms with Crippen LogP contribution in [0.5, 0.6) is 0 Å². The molecule has 3 nitrogen and oxygen atoms in total. The minimum absolute atomic E-state index is 0.611. The molecular formula is C14H16BrN3. The monoisotopic (exact) mass is 305 g/mol. The van der Waals surface area contributed by atoms with Gasteiger partial charge in [-0.3, -0.25) is 0 Å².